The van der Waals surface area contributed by atoms with E-state index in [1.807, 2.05) is 19.0 Å². The Morgan fingerprint density at radius 3 is 2.39 bits per heavy atom. The normalized spacial score (nSPS) is 13.4. The molecule has 44 heavy (non-hydrogen) atoms. The van der Waals surface area contributed by atoms with Gasteiger partial charge >= 0.3 is 0 Å². The van der Waals surface area contributed by atoms with Crippen molar-refractivity contribution < 1.29 is 32.6 Å². The molecular weight excluding hydrogens is 598 g/mol. The van der Waals surface area contributed by atoms with Gasteiger partial charge in [0.1, 0.15) is 0 Å². The number of amides is 3. The van der Waals surface area contributed by atoms with Crippen molar-refractivity contribution in [1.82, 2.24) is 24.3 Å². The van der Waals surface area contributed by atoms with Crippen LogP contribution in [0.2, 0.25) is 5.02 Å². The summed E-state index contributed by atoms with van der Waals surface area (Å²) in [7, 11) is 6.64. The van der Waals surface area contributed by atoms with Crippen molar-refractivity contribution >= 4 is 35.0 Å². The number of likely N-dealkylation sites (N-methyl/N-ethyl adjacent to an activating group) is 1. The summed E-state index contributed by atoms with van der Waals surface area (Å²) in [6.07, 6.45) is 1.55. The van der Waals surface area contributed by atoms with Gasteiger partial charge in [-0.3, -0.25) is 14.4 Å². The lowest BCUT2D eigenvalue weighted by molar-refractivity contribution is -0.133. The van der Waals surface area contributed by atoms with E-state index in [4.69, 9.17) is 21.1 Å². The zero-order chi connectivity index (χ0) is 32.0. The minimum Gasteiger partial charge on any atom is -0.494 e. The van der Waals surface area contributed by atoms with Gasteiger partial charge in [-0.25, -0.2) is 9.37 Å². The zero-order valence-corrected chi connectivity index (χ0v) is 25.8. The number of imidazole rings is 1. The highest BCUT2D eigenvalue weighted by atomic mass is 35.5. The van der Waals surface area contributed by atoms with Gasteiger partial charge in [0.25, 0.3) is 11.8 Å². The molecule has 2 heterocycles. The molecule has 236 valence electrons. The molecule has 4 rings (SSSR count). The molecule has 3 amide bonds. The quantitative estimate of drug-likeness (QED) is 0.322. The van der Waals surface area contributed by atoms with Gasteiger partial charge in [0.2, 0.25) is 11.7 Å². The van der Waals surface area contributed by atoms with E-state index in [0.717, 1.165) is 6.54 Å². The number of anilines is 1. The Hall–Kier alpha value is -4.07. The van der Waals surface area contributed by atoms with Crippen molar-refractivity contribution in [2.45, 2.75) is 6.42 Å². The zero-order valence-electron chi connectivity index (χ0n) is 25.0. The summed E-state index contributed by atoms with van der Waals surface area (Å²) in [6.45, 7) is 3.24. The highest BCUT2D eigenvalue weighted by molar-refractivity contribution is 6.34. The molecule has 3 aromatic rings. The lowest BCUT2D eigenvalue weighted by Crippen LogP contribution is -2.50. The highest BCUT2D eigenvalue weighted by Gasteiger charge is 2.26. The average molecular weight is 633 g/mol. The summed E-state index contributed by atoms with van der Waals surface area (Å²) in [5.41, 5.74) is 0.669. The number of ether oxygens (including phenoxy) is 2. The molecule has 0 saturated carbocycles. The molecule has 1 aromatic heterocycles. The molecule has 1 fully saturated rings. The second-order valence-electron chi connectivity index (χ2n) is 10.5. The number of benzene rings is 2. The summed E-state index contributed by atoms with van der Waals surface area (Å²) in [4.78, 5) is 48.1. The van der Waals surface area contributed by atoms with Crippen LogP contribution in [-0.2, 0) is 16.6 Å². The second-order valence-corrected chi connectivity index (χ2v) is 10.9. The molecule has 0 aliphatic carbocycles. The van der Waals surface area contributed by atoms with Crippen LogP contribution in [0.1, 0.15) is 27.4 Å². The van der Waals surface area contributed by atoms with Crippen LogP contribution in [0.15, 0.2) is 36.5 Å². The minimum atomic E-state index is -1.14. The van der Waals surface area contributed by atoms with Crippen LogP contribution >= 0.6 is 11.6 Å². The van der Waals surface area contributed by atoms with Gasteiger partial charge in [-0.05, 0) is 44.4 Å². The average Bonchev–Trinajstić information content (AvgIpc) is 3.38. The minimum absolute atomic E-state index is 0.0128. The van der Waals surface area contributed by atoms with E-state index in [2.05, 4.69) is 10.3 Å². The Balaban J connectivity index is 1.33. The number of rotatable bonds is 11. The van der Waals surface area contributed by atoms with Gasteiger partial charge in [-0.15, -0.1) is 0 Å². The number of halogens is 3. The summed E-state index contributed by atoms with van der Waals surface area (Å²) in [5.74, 6) is -3.48. The Kier molecular flexibility index (Phi) is 10.9. The first-order valence-corrected chi connectivity index (χ1v) is 14.3. The van der Waals surface area contributed by atoms with Crippen molar-refractivity contribution in [2.75, 3.05) is 72.5 Å². The maximum absolute atomic E-state index is 14.6. The van der Waals surface area contributed by atoms with E-state index in [1.54, 1.807) is 9.80 Å². The molecular formula is C30H35ClF2N6O5. The third-order valence-electron chi connectivity index (χ3n) is 7.25. The fourth-order valence-electron chi connectivity index (χ4n) is 4.71. The number of hydrogen-bond acceptors (Lipinski definition) is 7. The maximum Gasteiger partial charge on any atom is 0.291 e. The van der Waals surface area contributed by atoms with Crippen molar-refractivity contribution in [3.8, 4) is 17.0 Å². The van der Waals surface area contributed by atoms with Crippen molar-refractivity contribution in [3.05, 3.63) is 64.6 Å². The predicted molar refractivity (Wildman–Crippen MR) is 161 cm³/mol. The van der Waals surface area contributed by atoms with Crippen molar-refractivity contribution in [1.29, 1.82) is 0 Å². The van der Waals surface area contributed by atoms with E-state index < -0.39 is 17.5 Å². The van der Waals surface area contributed by atoms with Crippen LogP contribution in [0.4, 0.5) is 14.5 Å². The van der Waals surface area contributed by atoms with Crippen LogP contribution in [0.3, 0.4) is 0 Å². The summed E-state index contributed by atoms with van der Waals surface area (Å²) >= 11 is 6.44. The molecule has 0 atom stereocenters. The molecule has 1 aliphatic rings. The molecule has 1 aliphatic heterocycles. The third-order valence-corrected chi connectivity index (χ3v) is 7.57. The number of nitrogens with one attached hydrogen (secondary N) is 1. The number of aromatic nitrogens is 2. The Bertz CT molecular complexity index is 1520. The van der Waals surface area contributed by atoms with Crippen LogP contribution in [0.25, 0.3) is 11.3 Å². The summed E-state index contributed by atoms with van der Waals surface area (Å²) in [5, 5.41) is 2.80. The summed E-state index contributed by atoms with van der Waals surface area (Å²) < 4.78 is 40.5. The Morgan fingerprint density at radius 2 is 1.73 bits per heavy atom. The van der Waals surface area contributed by atoms with Gasteiger partial charge in [0.15, 0.2) is 17.4 Å². The number of nitrogens with zero attached hydrogens (tertiary/aromatic N) is 5. The highest BCUT2D eigenvalue weighted by Crippen LogP contribution is 2.30. The van der Waals surface area contributed by atoms with Crippen LogP contribution < -0.4 is 10.1 Å². The van der Waals surface area contributed by atoms with E-state index in [1.165, 1.54) is 55.3 Å². The Labute approximate surface area is 259 Å². The molecule has 1 saturated heterocycles. The maximum atomic E-state index is 14.6. The fourth-order valence-corrected chi connectivity index (χ4v) is 4.97. The number of piperazine rings is 1. The SMILES string of the molecule is COc1ccc(-c2cnc(C(=O)Nc3ccc(C(=O)N4CCN(C(=O)CCOCCN(C)C)CC4)c(Cl)c3)n2C)c(F)c1F. The van der Waals surface area contributed by atoms with E-state index >= 15 is 0 Å². The second kappa shape index (κ2) is 14.6. The van der Waals surface area contributed by atoms with Crippen LogP contribution in [0, 0.1) is 11.6 Å². The molecule has 2 aromatic carbocycles. The molecule has 0 bridgehead atoms. The van der Waals surface area contributed by atoms with Crippen molar-refractivity contribution in [2.24, 2.45) is 7.05 Å². The first kappa shape index (κ1) is 32.8. The molecule has 14 heteroatoms. The van der Waals surface area contributed by atoms with Gasteiger partial charge in [0, 0.05) is 51.0 Å². The monoisotopic (exact) mass is 632 g/mol. The smallest absolute Gasteiger partial charge is 0.291 e. The van der Waals surface area contributed by atoms with Crippen molar-refractivity contribution in [3.63, 3.8) is 0 Å². The molecule has 11 nitrogen and oxygen atoms in total. The molecule has 0 spiro atoms. The van der Waals surface area contributed by atoms with Crippen LogP contribution in [-0.4, -0.2) is 109 Å². The van der Waals surface area contributed by atoms with Gasteiger partial charge in [-0.1, -0.05) is 11.6 Å². The molecule has 1 N–H and O–H groups in total. The number of hydrogen-bond donors (Lipinski definition) is 1. The van der Waals surface area contributed by atoms with E-state index in [-0.39, 0.29) is 51.7 Å². The standard InChI is InChI=1S/C30H35ClF2N6O5/c1-36(2)14-16-44-15-9-25(40)38-10-12-39(13-11-38)30(42)20-6-5-19(17-22(20)31)35-29(41)28-34-18-23(37(28)3)21-7-8-24(43-4)27(33)26(21)32/h5-8,17-18H,9-16H2,1-4H3,(H,35,41). The first-order valence-electron chi connectivity index (χ1n) is 14.0. The predicted octanol–water partition coefficient (Wildman–Crippen LogP) is 3.53. The van der Waals surface area contributed by atoms with Gasteiger partial charge in [-0.2, -0.15) is 4.39 Å². The summed E-state index contributed by atoms with van der Waals surface area (Å²) in [6, 6.07) is 7.13. The fraction of sp³-hybridized carbons (Fsp3) is 0.400. The van der Waals surface area contributed by atoms with E-state index in [0.29, 0.717) is 45.1 Å². The van der Waals surface area contributed by atoms with Gasteiger partial charge < -0.3 is 34.1 Å². The van der Waals surface area contributed by atoms with Gasteiger partial charge in [0.05, 0.1) is 49.2 Å². The number of carbonyl (C=O) groups excluding carboxylic acids is 3. The lowest BCUT2D eigenvalue weighted by Gasteiger charge is -2.35. The third kappa shape index (κ3) is 7.52. The molecule has 0 unspecified atom stereocenters. The number of carbonyl (C=O) groups is 3. The van der Waals surface area contributed by atoms with Crippen LogP contribution in [0.5, 0.6) is 5.75 Å². The lowest BCUT2D eigenvalue weighted by atomic mass is 10.1. The topological polar surface area (TPSA) is 109 Å². The first-order chi connectivity index (χ1) is 21.0. The molecule has 0 radical (unpaired) electrons. The van der Waals surface area contributed by atoms with E-state index in [9.17, 15) is 23.2 Å². The number of methoxy groups -OCH3 is 1. The largest absolute Gasteiger partial charge is 0.494 e. The Morgan fingerprint density at radius 1 is 1.02 bits per heavy atom.